The minimum atomic E-state index is -3.88. The number of nitrogens with zero attached hydrogens (tertiary/aromatic N) is 7. The van der Waals surface area contributed by atoms with E-state index < -0.39 is 32.5 Å². The molecular formula is C29H33ClFN7O6S. The van der Waals surface area contributed by atoms with Crippen molar-refractivity contribution < 1.29 is 31.8 Å². The van der Waals surface area contributed by atoms with Gasteiger partial charge in [0.2, 0.25) is 20.9 Å². The maximum absolute atomic E-state index is 15.2. The third kappa shape index (κ3) is 6.33. The molecule has 45 heavy (non-hydrogen) atoms. The quantitative estimate of drug-likeness (QED) is 0.263. The Kier molecular flexibility index (Phi) is 8.20. The average molecular weight is 662 g/mol. The number of fused-ring (bicyclic) bond motifs is 2. The molecule has 1 aromatic carbocycles. The van der Waals surface area contributed by atoms with E-state index in [0.29, 0.717) is 54.9 Å². The lowest BCUT2D eigenvalue weighted by Crippen LogP contribution is -2.50. The van der Waals surface area contributed by atoms with Crippen molar-refractivity contribution in [3.63, 3.8) is 0 Å². The standard InChI is InChI=1S/C29H33ClFN7O6S/c1-29(2,3)44-28(39)37-12-10-36(11-13-37)25-17-8-9-32-26(23(17)34-27(35-25)45(4,40)41)43-24-18-16-33-38(21-7-5-6-14-42-21)20(18)15-19(31)22(24)30/h8-9,15-16,21H,5-7,10-14H2,1-4H3. The van der Waals surface area contributed by atoms with Crippen LogP contribution in [0.2, 0.25) is 5.02 Å². The number of aromatic nitrogens is 5. The molecule has 2 aliphatic heterocycles. The number of sulfone groups is 1. The lowest BCUT2D eigenvalue weighted by Gasteiger charge is -2.36. The molecule has 0 saturated carbocycles. The van der Waals surface area contributed by atoms with Crippen molar-refractivity contribution in [3.8, 4) is 11.6 Å². The van der Waals surface area contributed by atoms with Gasteiger partial charge in [-0.3, -0.25) is 0 Å². The molecule has 0 bridgehead atoms. The molecule has 0 spiro atoms. The molecule has 13 nitrogen and oxygen atoms in total. The van der Waals surface area contributed by atoms with Crippen molar-refractivity contribution in [3.05, 3.63) is 35.4 Å². The van der Waals surface area contributed by atoms with E-state index in [-0.39, 0.29) is 28.4 Å². The first-order valence-electron chi connectivity index (χ1n) is 14.5. The van der Waals surface area contributed by atoms with E-state index in [0.717, 1.165) is 25.5 Å². The van der Waals surface area contributed by atoms with Crippen LogP contribution >= 0.6 is 11.6 Å². The summed E-state index contributed by atoms with van der Waals surface area (Å²) in [6, 6.07) is 2.93. The first kappa shape index (κ1) is 31.2. The van der Waals surface area contributed by atoms with Crippen LogP contribution in [0.3, 0.4) is 0 Å². The van der Waals surface area contributed by atoms with Gasteiger partial charge in [-0.2, -0.15) is 5.10 Å². The first-order chi connectivity index (χ1) is 21.3. The molecule has 0 N–H and O–H groups in total. The number of benzene rings is 1. The molecule has 2 fully saturated rings. The highest BCUT2D eigenvalue weighted by atomic mass is 35.5. The fourth-order valence-electron chi connectivity index (χ4n) is 5.35. The van der Waals surface area contributed by atoms with Crippen molar-refractivity contribution in [1.82, 2.24) is 29.6 Å². The lowest BCUT2D eigenvalue weighted by atomic mass is 10.2. The van der Waals surface area contributed by atoms with Gasteiger partial charge in [0.15, 0.2) is 12.0 Å². The van der Waals surface area contributed by atoms with Crippen LogP contribution in [0.25, 0.3) is 21.8 Å². The Bertz CT molecular complexity index is 1880. The molecule has 4 aromatic rings. The van der Waals surface area contributed by atoms with Crippen LogP contribution in [-0.4, -0.2) is 88.8 Å². The number of amides is 1. The minimum Gasteiger partial charge on any atom is -0.444 e. The molecule has 0 radical (unpaired) electrons. The average Bonchev–Trinajstić information content (AvgIpc) is 3.41. The van der Waals surface area contributed by atoms with Crippen LogP contribution in [0.1, 0.15) is 46.3 Å². The molecule has 0 aliphatic carbocycles. The number of anilines is 1. The maximum atomic E-state index is 15.2. The molecular weight excluding hydrogens is 629 g/mol. The van der Waals surface area contributed by atoms with Crippen molar-refractivity contribution in [1.29, 1.82) is 0 Å². The third-order valence-electron chi connectivity index (χ3n) is 7.48. The van der Waals surface area contributed by atoms with Gasteiger partial charge in [0.25, 0.3) is 0 Å². The number of halogens is 2. The Morgan fingerprint density at radius 2 is 1.89 bits per heavy atom. The second-order valence-corrected chi connectivity index (χ2v) is 14.3. The van der Waals surface area contributed by atoms with Crippen LogP contribution in [0.15, 0.2) is 29.7 Å². The van der Waals surface area contributed by atoms with Crippen molar-refractivity contribution in [2.75, 3.05) is 43.9 Å². The van der Waals surface area contributed by atoms with E-state index in [2.05, 4.69) is 20.1 Å². The predicted octanol–water partition coefficient (Wildman–Crippen LogP) is 5.12. The topological polar surface area (TPSA) is 142 Å². The largest absolute Gasteiger partial charge is 0.444 e. The second kappa shape index (κ2) is 11.8. The van der Waals surface area contributed by atoms with Crippen molar-refractivity contribution in [2.24, 2.45) is 0 Å². The Morgan fingerprint density at radius 3 is 2.56 bits per heavy atom. The highest BCUT2D eigenvalue weighted by Gasteiger charge is 2.30. The lowest BCUT2D eigenvalue weighted by molar-refractivity contribution is -0.0367. The van der Waals surface area contributed by atoms with E-state index in [1.54, 1.807) is 36.4 Å². The maximum Gasteiger partial charge on any atom is 0.410 e. The third-order valence-corrected chi connectivity index (χ3v) is 8.68. The van der Waals surface area contributed by atoms with Gasteiger partial charge in [0.1, 0.15) is 27.8 Å². The summed E-state index contributed by atoms with van der Waals surface area (Å²) < 4.78 is 59.8. The van der Waals surface area contributed by atoms with Crippen LogP contribution in [0.4, 0.5) is 15.0 Å². The summed E-state index contributed by atoms with van der Waals surface area (Å²) in [6.07, 6.45) is 5.82. The number of carbonyl (C=O) groups excluding carboxylic acids is 1. The van der Waals surface area contributed by atoms with Gasteiger partial charge in [-0.1, -0.05) is 11.6 Å². The molecule has 3 aromatic heterocycles. The Morgan fingerprint density at radius 1 is 1.13 bits per heavy atom. The number of piperazine rings is 1. The predicted molar refractivity (Wildman–Crippen MR) is 164 cm³/mol. The summed E-state index contributed by atoms with van der Waals surface area (Å²) in [7, 11) is -3.88. The minimum absolute atomic E-state index is 0.0410. The van der Waals surface area contributed by atoms with Crippen LogP contribution < -0.4 is 9.64 Å². The summed E-state index contributed by atoms with van der Waals surface area (Å²) >= 11 is 6.43. The summed E-state index contributed by atoms with van der Waals surface area (Å²) in [4.78, 5) is 29.1. The smallest absolute Gasteiger partial charge is 0.410 e. The highest BCUT2D eigenvalue weighted by Crippen LogP contribution is 2.41. The fraction of sp³-hybridized carbons (Fsp3) is 0.483. The number of pyridine rings is 1. The van der Waals surface area contributed by atoms with Gasteiger partial charge in [-0.25, -0.2) is 37.2 Å². The fourth-order valence-corrected chi connectivity index (χ4v) is 6.05. The van der Waals surface area contributed by atoms with Crippen LogP contribution in [0, 0.1) is 5.82 Å². The summed E-state index contributed by atoms with van der Waals surface area (Å²) in [5, 5.41) is 4.59. The first-order valence-corrected chi connectivity index (χ1v) is 16.8. The number of ether oxygens (including phenoxy) is 3. The van der Waals surface area contributed by atoms with Gasteiger partial charge in [0.05, 0.1) is 22.5 Å². The summed E-state index contributed by atoms with van der Waals surface area (Å²) in [6.45, 7) is 7.34. The van der Waals surface area contributed by atoms with Gasteiger partial charge < -0.3 is 24.0 Å². The number of carbonyl (C=O) groups is 1. The molecule has 2 saturated heterocycles. The molecule has 2 aliphatic rings. The summed E-state index contributed by atoms with van der Waals surface area (Å²) in [5.41, 5.74) is -0.119. The molecule has 5 heterocycles. The summed E-state index contributed by atoms with van der Waals surface area (Å²) in [5.74, 6) is -0.536. The Labute approximate surface area is 264 Å². The Balaban J connectivity index is 1.39. The highest BCUT2D eigenvalue weighted by molar-refractivity contribution is 7.90. The zero-order valence-corrected chi connectivity index (χ0v) is 26.9. The SMILES string of the molecule is CC(C)(C)OC(=O)N1CCN(c2nc(S(C)(=O)=O)nc3c(Oc4c(Cl)c(F)cc5c4cnn5C4CCCCO4)nccc23)CC1. The van der Waals surface area contributed by atoms with E-state index in [1.165, 1.54) is 18.5 Å². The Hall–Kier alpha value is -3.82. The van der Waals surface area contributed by atoms with Crippen molar-refractivity contribution in [2.45, 2.75) is 57.0 Å². The van der Waals surface area contributed by atoms with Crippen LogP contribution in [0.5, 0.6) is 11.6 Å². The van der Waals surface area contributed by atoms with Gasteiger partial charge in [-0.05, 0) is 46.1 Å². The van der Waals surface area contributed by atoms with E-state index in [1.807, 2.05) is 4.90 Å². The van der Waals surface area contributed by atoms with Crippen molar-refractivity contribution >= 4 is 55.2 Å². The monoisotopic (exact) mass is 661 g/mol. The zero-order valence-electron chi connectivity index (χ0n) is 25.3. The molecule has 1 atom stereocenters. The van der Waals surface area contributed by atoms with Gasteiger partial charge in [0, 0.05) is 51.3 Å². The molecule has 6 rings (SSSR count). The van der Waals surface area contributed by atoms with Gasteiger partial charge in [-0.15, -0.1) is 0 Å². The second-order valence-electron chi connectivity index (χ2n) is 12.0. The molecule has 1 amide bonds. The number of hydrogen-bond acceptors (Lipinski definition) is 11. The van der Waals surface area contributed by atoms with E-state index >= 15 is 4.39 Å². The van der Waals surface area contributed by atoms with E-state index in [9.17, 15) is 13.2 Å². The van der Waals surface area contributed by atoms with E-state index in [4.69, 9.17) is 25.8 Å². The normalized spacial score (nSPS) is 18.0. The molecule has 1 unspecified atom stereocenters. The van der Waals surface area contributed by atoms with Gasteiger partial charge >= 0.3 is 6.09 Å². The van der Waals surface area contributed by atoms with Crippen LogP contribution in [-0.2, 0) is 19.3 Å². The number of hydrogen-bond donors (Lipinski definition) is 0. The molecule has 240 valence electrons. The zero-order chi connectivity index (χ0) is 32.1. The number of rotatable bonds is 5. The molecule has 16 heteroatoms.